The van der Waals surface area contributed by atoms with E-state index in [1.807, 2.05) is 13.0 Å². The van der Waals surface area contributed by atoms with Crippen molar-refractivity contribution in [3.05, 3.63) is 64.9 Å². The highest BCUT2D eigenvalue weighted by atomic mass is 32.1. The Morgan fingerprint density at radius 3 is 2.62 bits per heavy atom. The number of halogens is 2. The second-order valence-electron chi connectivity index (χ2n) is 4.93. The van der Waals surface area contributed by atoms with E-state index in [4.69, 9.17) is 0 Å². The molecule has 0 unspecified atom stereocenters. The second kappa shape index (κ2) is 6.71. The Kier molecular flexibility index (Phi) is 4.48. The Bertz CT molecular complexity index is 877. The van der Waals surface area contributed by atoms with Gasteiger partial charge in [-0.1, -0.05) is 6.07 Å². The SMILES string of the molecule is Cc1cccc(NC(=O)c2ncsc2Nc2cc(F)cc(F)c2)n1. The highest BCUT2D eigenvalue weighted by Crippen LogP contribution is 2.26. The maximum absolute atomic E-state index is 13.3. The number of hydrogen-bond acceptors (Lipinski definition) is 5. The van der Waals surface area contributed by atoms with Crippen molar-refractivity contribution < 1.29 is 13.6 Å². The molecule has 0 bridgehead atoms. The molecule has 3 aromatic rings. The molecule has 5 nitrogen and oxygen atoms in total. The Morgan fingerprint density at radius 1 is 1.17 bits per heavy atom. The van der Waals surface area contributed by atoms with Crippen LogP contribution >= 0.6 is 11.3 Å². The maximum atomic E-state index is 13.3. The molecule has 8 heteroatoms. The largest absolute Gasteiger partial charge is 0.345 e. The van der Waals surface area contributed by atoms with Crippen LogP contribution in [-0.4, -0.2) is 15.9 Å². The first-order valence-corrected chi connectivity index (χ1v) is 7.81. The molecule has 0 aliphatic rings. The van der Waals surface area contributed by atoms with E-state index < -0.39 is 17.5 Å². The predicted molar refractivity (Wildman–Crippen MR) is 88.7 cm³/mol. The Balaban J connectivity index is 1.80. The van der Waals surface area contributed by atoms with Crippen LogP contribution in [0, 0.1) is 18.6 Å². The van der Waals surface area contributed by atoms with Gasteiger partial charge in [0.15, 0.2) is 5.69 Å². The number of pyridine rings is 1. The van der Waals surface area contributed by atoms with Gasteiger partial charge in [-0.05, 0) is 31.2 Å². The van der Waals surface area contributed by atoms with Crippen LogP contribution in [0.2, 0.25) is 0 Å². The minimum Gasteiger partial charge on any atom is -0.345 e. The Labute approximate surface area is 140 Å². The lowest BCUT2D eigenvalue weighted by atomic mass is 10.3. The normalized spacial score (nSPS) is 10.5. The number of rotatable bonds is 4. The third kappa shape index (κ3) is 3.72. The second-order valence-corrected chi connectivity index (χ2v) is 5.79. The quantitative estimate of drug-likeness (QED) is 0.746. The fraction of sp³-hybridized carbons (Fsp3) is 0.0625. The van der Waals surface area contributed by atoms with Gasteiger partial charge in [0.25, 0.3) is 5.91 Å². The van der Waals surface area contributed by atoms with E-state index in [0.29, 0.717) is 10.8 Å². The van der Waals surface area contributed by atoms with Gasteiger partial charge in [0.2, 0.25) is 0 Å². The topological polar surface area (TPSA) is 66.9 Å². The Hall–Kier alpha value is -2.87. The molecule has 0 atom stereocenters. The van der Waals surface area contributed by atoms with Gasteiger partial charge in [0, 0.05) is 17.4 Å². The average molecular weight is 346 g/mol. The molecule has 0 aliphatic carbocycles. The summed E-state index contributed by atoms with van der Waals surface area (Å²) in [5, 5.41) is 5.83. The minimum atomic E-state index is -0.711. The highest BCUT2D eigenvalue weighted by molar-refractivity contribution is 7.14. The molecule has 1 amide bonds. The molecule has 1 aromatic carbocycles. The van der Waals surface area contributed by atoms with Crippen molar-refractivity contribution in [3.8, 4) is 0 Å². The van der Waals surface area contributed by atoms with Crippen molar-refractivity contribution in [1.29, 1.82) is 0 Å². The van der Waals surface area contributed by atoms with Crippen LogP contribution in [0.1, 0.15) is 16.2 Å². The average Bonchev–Trinajstić information content (AvgIpc) is 2.94. The van der Waals surface area contributed by atoms with E-state index in [2.05, 4.69) is 20.6 Å². The smallest absolute Gasteiger partial charge is 0.278 e. The zero-order valence-electron chi connectivity index (χ0n) is 12.5. The third-order valence-electron chi connectivity index (χ3n) is 3.03. The first kappa shape index (κ1) is 16.0. The summed E-state index contributed by atoms with van der Waals surface area (Å²) in [4.78, 5) is 20.5. The molecule has 0 fully saturated rings. The molecule has 24 heavy (non-hydrogen) atoms. The van der Waals surface area contributed by atoms with Gasteiger partial charge in [-0.3, -0.25) is 4.79 Å². The first-order chi connectivity index (χ1) is 11.5. The van der Waals surface area contributed by atoms with Gasteiger partial charge in [0.05, 0.1) is 5.51 Å². The number of nitrogens with one attached hydrogen (secondary N) is 2. The van der Waals surface area contributed by atoms with Crippen LogP contribution in [0.5, 0.6) is 0 Å². The van der Waals surface area contributed by atoms with E-state index in [1.54, 1.807) is 12.1 Å². The van der Waals surface area contributed by atoms with Crippen molar-refractivity contribution in [1.82, 2.24) is 9.97 Å². The van der Waals surface area contributed by atoms with Gasteiger partial charge < -0.3 is 10.6 Å². The molecule has 3 rings (SSSR count). The first-order valence-electron chi connectivity index (χ1n) is 6.93. The van der Waals surface area contributed by atoms with Gasteiger partial charge in [-0.2, -0.15) is 0 Å². The number of aromatic nitrogens is 2. The molecule has 2 N–H and O–H groups in total. The van der Waals surface area contributed by atoms with Crippen molar-refractivity contribution in [3.63, 3.8) is 0 Å². The summed E-state index contributed by atoms with van der Waals surface area (Å²) < 4.78 is 26.5. The number of hydrogen-bond donors (Lipinski definition) is 2. The molecule has 0 saturated carbocycles. The fourth-order valence-electron chi connectivity index (χ4n) is 2.04. The number of anilines is 3. The number of thiazole rings is 1. The van der Waals surface area contributed by atoms with Crippen LogP contribution in [0.4, 0.5) is 25.3 Å². The summed E-state index contributed by atoms with van der Waals surface area (Å²) >= 11 is 1.15. The molecular weight excluding hydrogens is 334 g/mol. The van der Waals surface area contributed by atoms with Gasteiger partial charge >= 0.3 is 0 Å². The Morgan fingerprint density at radius 2 is 1.92 bits per heavy atom. The molecule has 0 radical (unpaired) electrons. The molecule has 0 aliphatic heterocycles. The van der Waals surface area contributed by atoms with Crippen LogP contribution in [-0.2, 0) is 0 Å². The number of aryl methyl sites for hydroxylation is 1. The van der Waals surface area contributed by atoms with Crippen molar-refractivity contribution in [2.75, 3.05) is 10.6 Å². The van der Waals surface area contributed by atoms with Crippen molar-refractivity contribution in [2.45, 2.75) is 6.92 Å². The third-order valence-corrected chi connectivity index (χ3v) is 3.77. The van der Waals surface area contributed by atoms with Crippen LogP contribution in [0.15, 0.2) is 41.9 Å². The lowest BCUT2D eigenvalue weighted by Gasteiger charge is -2.07. The number of benzene rings is 1. The monoisotopic (exact) mass is 346 g/mol. The van der Waals surface area contributed by atoms with Crippen LogP contribution < -0.4 is 10.6 Å². The van der Waals surface area contributed by atoms with Crippen LogP contribution in [0.25, 0.3) is 0 Å². The lowest BCUT2D eigenvalue weighted by molar-refractivity contribution is 0.102. The van der Waals surface area contributed by atoms with Gasteiger partial charge in [-0.15, -0.1) is 11.3 Å². The molecule has 2 heterocycles. The lowest BCUT2D eigenvalue weighted by Crippen LogP contribution is -2.15. The highest BCUT2D eigenvalue weighted by Gasteiger charge is 2.16. The number of carbonyl (C=O) groups excluding carboxylic acids is 1. The van der Waals surface area contributed by atoms with E-state index in [-0.39, 0.29) is 11.4 Å². The summed E-state index contributed by atoms with van der Waals surface area (Å²) in [7, 11) is 0. The summed E-state index contributed by atoms with van der Waals surface area (Å²) in [6.45, 7) is 1.81. The standard InChI is InChI=1S/C16H12F2N4OS/c1-9-3-2-4-13(20-9)22-15(23)14-16(24-8-19-14)21-12-6-10(17)5-11(18)7-12/h2-8,21H,1H3,(H,20,22,23). The van der Waals surface area contributed by atoms with E-state index in [0.717, 1.165) is 35.2 Å². The molecule has 0 spiro atoms. The van der Waals surface area contributed by atoms with Crippen molar-refractivity contribution >= 4 is 33.8 Å². The zero-order chi connectivity index (χ0) is 17.1. The fourth-order valence-corrected chi connectivity index (χ4v) is 2.74. The van der Waals surface area contributed by atoms with E-state index >= 15 is 0 Å². The number of nitrogens with zero attached hydrogens (tertiary/aromatic N) is 2. The predicted octanol–water partition coefficient (Wildman–Crippen LogP) is 4.12. The summed E-state index contributed by atoms with van der Waals surface area (Å²) in [6, 6.07) is 8.28. The number of amides is 1. The molecule has 0 saturated heterocycles. The number of carbonyl (C=O) groups is 1. The summed E-state index contributed by atoms with van der Waals surface area (Å²) in [5.74, 6) is -1.49. The van der Waals surface area contributed by atoms with Crippen LogP contribution in [0.3, 0.4) is 0 Å². The van der Waals surface area contributed by atoms with E-state index in [9.17, 15) is 13.6 Å². The van der Waals surface area contributed by atoms with E-state index in [1.165, 1.54) is 5.51 Å². The van der Waals surface area contributed by atoms with Gasteiger partial charge in [0.1, 0.15) is 22.5 Å². The summed E-state index contributed by atoms with van der Waals surface area (Å²) in [5.41, 5.74) is 2.54. The maximum Gasteiger partial charge on any atom is 0.278 e. The molecular formula is C16H12F2N4OS. The van der Waals surface area contributed by atoms with Crippen molar-refractivity contribution in [2.24, 2.45) is 0 Å². The summed E-state index contributed by atoms with van der Waals surface area (Å²) in [6.07, 6.45) is 0. The van der Waals surface area contributed by atoms with Gasteiger partial charge in [-0.25, -0.2) is 18.7 Å². The minimum absolute atomic E-state index is 0.118. The molecule has 122 valence electrons. The zero-order valence-corrected chi connectivity index (χ0v) is 13.3. The molecule has 2 aromatic heterocycles.